The van der Waals surface area contributed by atoms with Crippen molar-refractivity contribution in [3.05, 3.63) is 39.1 Å². The number of aryl methyl sites for hydroxylation is 1. The number of nitrogen functional groups attached to an aromatic ring is 1. The Morgan fingerprint density at radius 2 is 2.26 bits per heavy atom. The smallest absolute Gasteiger partial charge is 0.221 e. The van der Waals surface area contributed by atoms with Crippen LogP contribution in [0.2, 0.25) is 5.02 Å². The first kappa shape index (κ1) is 13.9. The molecule has 1 heterocycles. The highest BCUT2D eigenvalue weighted by Gasteiger charge is 2.09. The second kappa shape index (κ2) is 5.63. The third-order valence-electron chi connectivity index (χ3n) is 2.46. The summed E-state index contributed by atoms with van der Waals surface area (Å²) in [5, 5.41) is 4.75. The van der Waals surface area contributed by atoms with Crippen LogP contribution in [0.4, 0.5) is 5.95 Å². The van der Waals surface area contributed by atoms with Gasteiger partial charge in [-0.2, -0.15) is 5.10 Å². The summed E-state index contributed by atoms with van der Waals surface area (Å²) >= 11 is 9.58. The molecule has 0 amide bonds. The van der Waals surface area contributed by atoms with Crippen LogP contribution in [0, 0.1) is 6.92 Å². The molecular weight excluding hydrogens is 332 g/mol. The molecule has 0 saturated carbocycles. The number of rotatable bonds is 3. The van der Waals surface area contributed by atoms with Gasteiger partial charge in [-0.25, -0.2) is 9.66 Å². The SMILES string of the molecule is COc1ccc(Br)c(Cl)c1C=Nn1cc(C)nc1N. The van der Waals surface area contributed by atoms with Crippen molar-refractivity contribution in [1.29, 1.82) is 0 Å². The summed E-state index contributed by atoms with van der Waals surface area (Å²) < 4.78 is 7.50. The molecule has 0 aliphatic heterocycles. The first-order valence-corrected chi connectivity index (χ1v) is 6.58. The van der Waals surface area contributed by atoms with E-state index < -0.39 is 0 Å². The van der Waals surface area contributed by atoms with Crippen LogP contribution in [0.15, 0.2) is 27.9 Å². The van der Waals surface area contributed by atoms with E-state index in [4.69, 9.17) is 22.1 Å². The molecule has 2 rings (SSSR count). The number of anilines is 1. The highest BCUT2D eigenvalue weighted by Crippen LogP contribution is 2.31. The van der Waals surface area contributed by atoms with Crippen molar-refractivity contribution in [1.82, 2.24) is 9.66 Å². The highest BCUT2D eigenvalue weighted by atomic mass is 79.9. The van der Waals surface area contributed by atoms with E-state index in [1.54, 1.807) is 25.6 Å². The lowest BCUT2D eigenvalue weighted by Gasteiger charge is -2.07. The highest BCUT2D eigenvalue weighted by molar-refractivity contribution is 9.10. The minimum absolute atomic E-state index is 0.318. The number of hydrogen-bond acceptors (Lipinski definition) is 4. The summed E-state index contributed by atoms with van der Waals surface area (Å²) in [6.07, 6.45) is 3.31. The van der Waals surface area contributed by atoms with Crippen molar-refractivity contribution in [3.63, 3.8) is 0 Å². The molecule has 19 heavy (non-hydrogen) atoms. The summed E-state index contributed by atoms with van der Waals surface area (Å²) in [6.45, 7) is 1.84. The molecule has 1 aromatic carbocycles. The van der Waals surface area contributed by atoms with Gasteiger partial charge in [0.15, 0.2) is 0 Å². The molecule has 0 aliphatic carbocycles. The van der Waals surface area contributed by atoms with Crippen LogP contribution >= 0.6 is 27.5 Å². The van der Waals surface area contributed by atoms with Crippen LogP contribution in [0.5, 0.6) is 5.75 Å². The molecule has 0 aliphatic rings. The van der Waals surface area contributed by atoms with E-state index in [0.29, 0.717) is 22.3 Å². The first-order valence-electron chi connectivity index (χ1n) is 5.40. The van der Waals surface area contributed by atoms with Crippen LogP contribution < -0.4 is 10.5 Å². The van der Waals surface area contributed by atoms with Gasteiger partial charge in [0, 0.05) is 4.47 Å². The average molecular weight is 344 g/mol. The zero-order valence-corrected chi connectivity index (χ0v) is 12.7. The van der Waals surface area contributed by atoms with Gasteiger partial charge in [0.25, 0.3) is 0 Å². The zero-order valence-electron chi connectivity index (χ0n) is 10.4. The van der Waals surface area contributed by atoms with Crippen LogP contribution in [0.3, 0.4) is 0 Å². The Bertz CT molecular complexity index is 639. The largest absolute Gasteiger partial charge is 0.496 e. The first-order chi connectivity index (χ1) is 9.02. The van der Waals surface area contributed by atoms with Crippen LogP contribution in [0.1, 0.15) is 11.3 Å². The van der Waals surface area contributed by atoms with Crippen LogP contribution in [0.25, 0.3) is 0 Å². The van der Waals surface area contributed by atoms with Gasteiger partial charge in [-0.1, -0.05) is 11.6 Å². The minimum Gasteiger partial charge on any atom is -0.496 e. The van der Waals surface area contributed by atoms with E-state index in [2.05, 4.69) is 26.0 Å². The number of nitrogens with two attached hydrogens (primary N) is 1. The van der Waals surface area contributed by atoms with E-state index >= 15 is 0 Å². The molecule has 1 aromatic heterocycles. The molecule has 0 atom stereocenters. The Morgan fingerprint density at radius 3 is 2.84 bits per heavy atom. The molecule has 0 fully saturated rings. The second-order valence-electron chi connectivity index (χ2n) is 3.81. The number of benzene rings is 1. The van der Waals surface area contributed by atoms with Crippen LogP contribution in [-0.4, -0.2) is 23.0 Å². The van der Waals surface area contributed by atoms with Gasteiger partial charge in [0.1, 0.15) is 5.75 Å². The van der Waals surface area contributed by atoms with Crippen molar-refractivity contribution >= 4 is 39.7 Å². The molecule has 0 unspecified atom stereocenters. The van der Waals surface area contributed by atoms with Gasteiger partial charge in [-0.3, -0.25) is 0 Å². The fourth-order valence-corrected chi connectivity index (χ4v) is 2.11. The predicted octanol–water partition coefficient (Wildman–Crippen LogP) is 3.08. The maximum Gasteiger partial charge on any atom is 0.221 e. The monoisotopic (exact) mass is 342 g/mol. The van der Waals surface area contributed by atoms with Gasteiger partial charge in [0.05, 0.1) is 35.8 Å². The normalized spacial score (nSPS) is 11.2. The summed E-state index contributed by atoms with van der Waals surface area (Å²) in [6, 6.07) is 3.62. The molecule has 2 N–H and O–H groups in total. The van der Waals surface area contributed by atoms with E-state index in [1.165, 1.54) is 4.68 Å². The van der Waals surface area contributed by atoms with Gasteiger partial charge in [-0.05, 0) is 35.0 Å². The van der Waals surface area contributed by atoms with Crippen molar-refractivity contribution in [2.24, 2.45) is 5.10 Å². The minimum atomic E-state index is 0.318. The van der Waals surface area contributed by atoms with E-state index in [1.807, 2.05) is 13.0 Å². The molecule has 100 valence electrons. The lowest BCUT2D eigenvalue weighted by atomic mass is 10.2. The molecule has 7 heteroatoms. The Labute approximate surface area is 124 Å². The van der Waals surface area contributed by atoms with Crippen molar-refractivity contribution in [3.8, 4) is 5.75 Å². The number of methoxy groups -OCH3 is 1. The Balaban J connectivity index is 2.43. The van der Waals surface area contributed by atoms with E-state index in [0.717, 1.165) is 10.2 Å². The van der Waals surface area contributed by atoms with E-state index in [-0.39, 0.29) is 0 Å². The number of hydrogen-bond donors (Lipinski definition) is 1. The fourth-order valence-electron chi connectivity index (χ4n) is 1.56. The summed E-state index contributed by atoms with van der Waals surface area (Å²) in [5.74, 6) is 0.950. The maximum absolute atomic E-state index is 6.21. The average Bonchev–Trinajstić information content (AvgIpc) is 2.69. The van der Waals surface area contributed by atoms with Gasteiger partial charge in [-0.15, -0.1) is 0 Å². The van der Waals surface area contributed by atoms with Gasteiger partial charge < -0.3 is 10.5 Å². The molecular formula is C12H12BrClN4O. The second-order valence-corrected chi connectivity index (χ2v) is 5.04. The quantitative estimate of drug-likeness (QED) is 0.871. The van der Waals surface area contributed by atoms with Gasteiger partial charge >= 0.3 is 0 Å². The predicted molar refractivity (Wildman–Crippen MR) is 80.1 cm³/mol. The molecule has 5 nitrogen and oxygen atoms in total. The lowest BCUT2D eigenvalue weighted by molar-refractivity contribution is 0.414. The number of nitrogens with zero attached hydrogens (tertiary/aromatic N) is 3. The summed E-state index contributed by atoms with van der Waals surface area (Å²) in [7, 11) is 1.58. The molecule has 2 aromatic rings. The molecule has 0 radical (unpaired) electrons. The number of aromatic nitrogens is 2. The summed E-state index contributed by atoms with van der Waals surface area (Å²) in [5.41, 5.74) is 7.17. The Morgan fingerprint density at radius 1 is 1.53 bits per heavy atom. The zero-order chi connectivity index (χ0) is 14.0. The Kier molecular flexibility index (Phi) is 4.11. The summed E-state index contributed by atoms with van der Waals surface area (Å²) in [4.78, 5) is 4.06. The third-order valence-corrected chi connectivity index (χ3v) is 3.75. The maximum atomic E-state index is 6.21. The molecule has 0 bridgehead atoms. The standard InChI is InChI=1S/C12H12BrClN4O/c1-7-6-18(12(15)17-7)16-5-8-10(19-2)4-3-9(13)11(8)14/h3-6H,1-2H3,(H2,15,17). The number of halogens is 2. The topological polar surface area (TPSA) is 65.4 Å². The van der Waals surface area contributed by atoms with Crippen LogP contribution in [-0.2, 0) is 0 Å². The van der Waals surface area contributed by atoms with Crippen molar-refractivity contribution < 1.29 is 4.74 Å². The lowest BCUT2D eigenvalue weighted by Crippen LogP contribution is -1.98. The Hall–Kier alpha value is -1.53. The van der Waals surface area contributed by atoms with Crippen molar-refractivity contribution in [2.45, 2.75) is 6.92 Å². The van der Waals surface area contributed by atoms with Crippen molar-refractivity contribution in [2.75, 3.05) is 12.8 Å². The van der Waals surface area contributed by atoms with Gasteiger partial charge in [0.2, 0.25) is 5.95 Å². The fraction of sp³-hybridized carbons (Fsp3) is 0.167. The number of imidazole rings is 1. The molecule has 0 spiro atoms. The number of ether oxygens (including phenoxy) is 1. The molecule has 0 saturated heterocycles. The third kappa shape index (κ3) is 2.90. The van der Waals surface area contributed by atoms with E-state index in [9.17, 15) is 0 Å².